The van der Waals surface area contributed by atoms with E-state index in [2.05, 4.69) is 10.6 Å². The Hall–Kier alpha value is -4.14. The fourth-order valence-electron chi connectivity index (χ4n) is 4.13. The van der Waals surface area contributed by atoms with Crippen molar-refractivity contribution in [1.29, 1.82) is 0 Å². The molecule has 2 heterocycles. The van der Waals surface area contributed by atoms with E-state index in [0.29, 0.717) is 28.2 Å². The highest BCUT2D eigenvalue weighted by atomic mass is 19.4. The maximum atomic E-state index is 13.3. The van der Waals surface area contributed by atoms with Crippen LogP contribution in [0.4, 0.5) is 37.7 Å². The minimum Gasteiger partial charge on any atom is -0.449 e. The summed E-state index contributed by atoms with van der Waals surface area (Å²) in [6.45, 7) is 0.293. The summed E-state index contributed by atoms with van der Waals surface area (Å²) in [7, 11) is 0. The second-order valence-electron chi connectivity index (χ2n) is 8.62. The Bertz CT molecular complexity index is 1310. The standard InChI is InChI=1S/C24H19F6N3O6/c1-11(34)39-18(21(36)32-15-2-3-17-12(6-15)10-31-20(17)35)19-22(37)33(4-5-38-19)16-8-13(23(25,26)27)7-14(9-16)24(28,29)30/h2-3,6-9,18-19H,4-5,10H2,1H3,(H,31,35)(H,32,36). The molecule has 2 atom stereocenters. The number of nitrogens with one attached hydrogen (secondary N) is 2. The fourth-order valence-corrected chi connectivity index (χ4v) is 4.13. The van der Waals surface area contributed by atoms with Gasteiger partial charge >= 0.3 is 18.3 Å². The summed E-state index contributed by atoms with van der Waals surface area (Å²) in [5.41, 5.74) is -2.90. The van der Waals surface area contributed by atoms with Gasteiger partial charge in [-0.2, -0.15) is 26.3 Å². The number of morpholine rings is 1. The van der Waals surface area contributed by atoms with Crippen LogP contribution in [0.25, 0.3) is 0 Å². The van der Waals surface area contributed by atoms with E-state index in [0.717, 1.165) is 6.92 Å². The molecular formula is C24H19F6N3O6. The average molecular weight is 559 g/mol. The van der Waals surface area contributed by atoms with E-state index in [4.69, 9.17) is 9.47 Å². The van der Waals surface area contributed by atoms with Crippen molar-refractivity contribution in [3.63, 3.8) is 0 Å². The number of nitrogens with zero attached hydrogens (tertiary/aromatic N) is 1. The molecule has 0 bridgehead atoms. The number of carbonyl (C=O) groups excluding carboxylic acids is 4. The Kier molecular flexibility index (Phi) is 7.29. The predicted molar refractivity (Wildman–Crippen MR) is 120 cm³/mol. The summed E-state index contributed by atoms with van der Waals surface area (Å²) in [4.78, 5) is 50.4. The van der Waals surface area contributed by atoms with Gasteiger partial charge < -0.3 is 25.0 Å². The Morgan fingerprint density at radius 3 is 2.28 bits per heavy atom. The highest BCUT2D eigenvalue weighted by Gasteiger charge is 2.44. The number of benzene rings is 2. The largest absolute Gasteiger partial charge is 0.449 e. The molecule has 15 heteroatoms. The molecule has 0 aliphatic carbocycles. The lowest BCUT2D eigenvalue weighted by molar-refractivity contribution is -0.167. The first kappa shape index (κ1) is 27.9. The zero-order valence-corrected chi connectivity index (χ0v) is 19.9. The molecule has 2 unspecified atom stereocenters. The van der Waals surface area contributed by atoms with Crippen molar-refractivity contribution in [3.8, 4) is 0 Å². The molecule has 3 amide bonds. The zero-order valence-electron chi connectivity index (χ0n) is 19.9. The number of rotatable bonds is 5. The number of hydrogen-bond acceptors (Lipinski definition) is 6. The number of fused-ring (bicyclic) bond motifs is 1. The first-order chi connectivity index (χ1) is 18.1. The molecular weight excluding hydrogens is 540 g/mol. The maximum Gasteiger partial charge on any atom is 0.416 e. The van der Waals surface area contributed by atoms with Gasteiger partial charge in [-0.15, -0.1) is 0 Å². The van der Waals surface area contributed by atoms with Crippen LogP contribution >= 0.6 is 0 Å². The van der Waals surface area contributed by atoms with E-state index in [9.17, 15) is 45.5 Å². The van der Waals surface area contributed by atoms with Crippen LogP contribution in [0.3, 0.4) is 0 Å². The number of ether oxygens (including phenoxy) is 2. The van der Waals surface area contributed by atoms with Gasteiger partial charge in [0.15, 0.2) is 6.10 Å². The topological polar surface area (TPSA) is 114 Å². The van der Waals surface area contributed by atoms with Gasteiger partial charge in [-0.1, -0.05) is 0 Å². The number of amides is 3. The van der Waals surface area contributed by atoms with Gasteiger partial charge in [-0.05, 0) is 42.0 Å². The molecule has 0 radical (unpaired) electrons. The minimum atomic E-state index is -5.15. The highest BCUT2D eigenvalue weighted by molar-refractivity contribution is 6.05. The Labute approximate surface area is 216 Å². The highest BCUT2D eigenvalue weighted by Crippen LogP contribution is 2.39. The third-order valence-electron chi connectivity index (χ3n) is 5.89. The molecule has 2 aliphatic rings. The molecule has 2 aliphatic heterocycles. The second-order valence-corrected chi connectivity index (χ2v) is 8.62. The van der Waals surface area contributed by atoms with Crippen molar-refractivity contribution in [2.45, 2.75) is 38.0 Å². The quantitative estimate of drug-likeness (QED) is 0.430. The molecule has 2 aromatic carbocycles. The second kappa shape index (κ2) is 10.2. The summed E-state index contributed by atoms with van der Waals surface area (Å²) in [6, 6.07) is 4.94. The van der Waals surface area contributed by atoms with Crippen molar-refractivity contribution in [2.24, 2.45) is 0 Å². The van der Waals surface area contributed by atoms with Gasteiger partial charge in [0.25, 0.3) is 17.7 Å². The lowest BCUT2D eigenvalue weighted by Crippen LogP contribution is -2.56. The van der Waals surface area contributed by atoms with Crippen LogP contribution in [0.2, 0.25) is 0 Å². The summed E-state index contributed by atoms with van der Waals surface area (Å²) >= 11 is 0. The van der Waals surface area contributed by atoms with Crippen molar-refractivity contribution >= 4 is 35.1 Å². The van der Waals surface area contributed by atoms with Crippen LogP contribution in [-0.4, -0.2) is 49.1 Å². The van der Waals surface area contributed by atoms with Crippen molar-refractivity contribution in [3.05, 3.63) is 58.7 Å². The number of esters is 1. The smallest absolute Gasteiger partial charge is 0.416 e. The molecule has 1 fully saturated rings. The Morgan fingerprint density at radius 2 is 1.69 bits per heavy atom. The van der Waals surface area contributed by atoms with Crippen molar-refractivity contribution < 1.29 is 55.0 Å². The van der Waals surface area contributed by atoms with E-state index < -0.39 is 72.3 Å². The first-order valence-corrected chi connectivity index (χ1v) is 11.3. The van der Waals surface area contributed by atoms with Gasteiger partial charge in [-0.3, -0.25) is 19.2 Å². The van der Waals surface area contributed by atoms with Gasteiger partial charge in [0.05, 0.1) is 17.7 Å². The van der Waals surface area contributed by atoms with Gasteiger partial charge in [-0.25, -0.2) is 0 Å². The molecule has 9 nitrogen and oxygen atoms in total. The summed E-state index contributed by atoms with van der Waals surface area (Å²) in [5, 5.41) is 5.01. The fraction of sp³-hybridized carbons (Fsp3) is 0.333. The number of halogens is 6. The van der Waals surface area contributed by atoms with Crippen LogP contribution in [0.15, 0.2) is 36.4 Å². The Balaban J connectivity index is 1.63. The van der Waals surface area contributed by atoms with E-state index in [-0.39, 0.29) is 24.2 Å². The van der Waals surface area contributed by atoms with Gasteiger partial charge in [0.1, 0.15) is 0 Å². The normalized spacial score (nSPS) is 18.3. The molecule has 1 saturated heterocycles. The lowest BCUT2D eigenvalue weighted by Gasteiger charge is -2.35. The minimum absolute atomic E-state index is 0.0826. The summed E-state index contributed by atoms with van der Waals surface area (Å²) in [5.74, 6) is -3.57. The molecule has 39 heavy (non-hydrogen) atoms. The van der Waals surface area contributed by atoms with Crippen molar-refractivity contribution in [1.82, 2.24) is 5.32 Å². The maximum absolute atomic E-state index is 13.3. The van der Waals surface area contributed by atoms with Crippen LogP contribution in [0.1, 0.15) is 34.0 Å². The van der Waals surface area contributed by atoms with Crippen LogP contribution in [0.5, 0.6) is 0 Å². The van der Waals surface area contributed by atoms with Gasteiger partial charge in [0.2, 0.25) is 6.10 Å². The third-order valence-corrected chi connectivity index (χ3v) is 5.89. The van der Waals surface area contributed by atoms with E-state index in [1.54, 1.807) is 0 Å². The van der Waals surface area contributed by atoms with E-state index in [1.807, 2.05) is 0 Å². The first-order valence-electron chi connectivity index (χ1n) is 11.3. The van der Waals surface area contributed by atoms with E-state index in [1.165, 1.54) is 18.2 Å². The molecule has 0 spiro atoms. The molecule has 208 valence electrons. The molecule has 2 N–H and O–H groups in total. The number of hydrogen-bond donors (Lipinski definition) is 2. The lowest BCUT2D eigenvalue weighted by atomic mass is 10.0. The summed E-state index contributed by atoms with van der Waals surface area (Å²) < 4.78 is 90.3. The van der Waals surface area contributed by atoms with E-state index >= 15 is 0 Å². The predicted octanol–water partition coefficient (Wildman–Crippen LogP) is 3.27. The Morgan fingerprint density at radius 1 is 1.05 bits per heavy atom. The van der Waals surface area contributed by atoms with Crippen LogP contribution in [0, 0.1) is 0 Å². The zero-order chi connectivity index (χ0) is 28.7. The summed E-state index contributed by atoms with van der Waals surface area (Å²) in [6.07, 6.45) is -14.1. The number of anilines is 2. The van der Waals surface area contributed by atoms with Crippen LogP contribution < -0.4 is 15.5 Å². The monoisotopic (exact) mass is 559 g/mol. The molecule has 0 saturated carbocycles. The third kappa shape index (κ3) is 5.97. The number of carbonyl (C=O) groups is 4. The average Bonchev–Trinajstić information content (AvgIpc) is 3.21. The van der Waals surface area contributed by atoms with Crippen molar-refractivity contribution in [2.75, 3.05) is 23.4 Å². The molecule has 0 aromatic heterocycles. The van der Waals surface area contributed by atoms with Gasteiger partial charge in [0, 0.05) is 37.0 Å². The SMILES string of the molecule is CC(=O)OC(C(=O)Nc1ccc2c(c1)CNC2=O)C1OCCN(c2cc(C(F)(F)F)cc(C(F)(F)F)c2)C1=O. The molecule has 4 rings (SSSR count). The number of alkyl halides is 6. The van der Waals surface area contributed by atoms with Crippen LogP contribution in [-0.2, 0) is 42.8 Å². The molecule has 2 aromatic rings.